The van der Waals surface area contributed by atoms with E-state index >= 15 is 0 Å². The zero-order valence-corrected chi connectivity index (χ0v) is 11.4. The van der Waals surface area contributed by atoms with Gasteiger partial charge in [-0.25, -0.2) is 0 Å². The van der Waals surface area contributed by atoms with E-state index in [1.165, 1.54) is 31.2 Å². The van der Waals surface area contributed by atoms with Crippen LogP contribution in [0, 0.1) is 12.8 Å². The number of rotatable bonds is 3. The maximum Gasteiger partial charge on any atom is 0.0325 e. The van der Waals surface area contributed by atoms with E-state index < -0.39 is 0 Å². The molecular weight excluding hydrogens is 206 g/mol. The van der Waals surface area contributed by atoms with E-state index in [-0.39, 0.29) is 0 Å². The molecule has 1 aliphatic rings. The fourth-order valence-electron chi connectivity index (χ4n) is 2.83. The van der Waals surface area contributed by atoms with Crippen molar-refractivity contribution in [2.45, 2.75) is 52.5 Å². The van der Waals surface area contributed by atoms with Gasteiger partial charge in [0.1, 0.15) is 0 Å². The van der Waals surface area contributed by atoms with Crippen molar-refractivity contribution < 1.29 is 0 Å². The van der Waals surface area contributed by atoms with Gasteiger partial charge in [0.2, 0.25) is 0 Å². The molecule has 1 nitrogen and oxygen atoms in total. The molecule has 0 saturated heterocycles. The standard InChI is InChI=1S/C16H25N/c1-4-9-17-16-11-13(3)6-8-14-7-5-12(2)10-15(14)16/h5,7,10,13,16-17H,4,6,8-9,11H2,1-3H3. The molecule has 0 radical (unpaired) electrons. The second-order valence-electron chi connectivity index (χ2n) is 5.59. The van der Waals surface area contributed by atoms with Gasteiger partial charge >= 0.3 is 0 Å². The Bertz CT molecular complexity index is 370. The van der Waals surface area contributed by atoms with Crippen LogP contribution in [0.25, 0.3) is 0 Å². The highest BCUT2D eigenvalue weighted by atomic mass is 14.9. The summed E-state index contributed by atoms with van der Waals surface area (Å²) >= 11 is 0. The topological polar surface area (TPSA) is 12.0 Å². The molecule has 1 heteroatoms. The molecule has 1 aromatic rings. The number of aryl methyl sites for hydroxylation is 2. The van der Waals surface area contributed by atoms with Crippen LogP contribution < -0.4 is 5.32 Å². The number of benzene rings is 1. The third-order valence-corrected chi connectivity index (χ3v) is 3.86. The first-order chi connectivity index (χ1) is 8.20. The summed E-state index contributed by atoms with van der Waals surface area (Å²) in [6.07, 6.45) is 5.09. The van der Waals surface area contributed by atoms with Crippen LogP contribution in [0.1, 0.15) is 55.8 Å². The molecule has 1 aromatic carbocycles. The van der Waals surface area contributed by atoms with Crippen molar-refractivity contribution in [3.05, 3.63) is 34.9 Å². The Labute approximate surface area is 106 Å². The Balaban J connectivity index is 2.27. The van der Waals surface area contributed by atoms with Crippen molar-refractivity contribution in [3.8, 4) is 0 Å². The summed E-state index contributed by atoms with van der Waals surface area (Å²) in [5, 5.41) is 3.73. The van der Waals surface area contributed by atoms with Gasteiger partial charge in [0.05, 0.1) is 0 Å². The van der Waals surface area contributed by atoms with Gasteiger partial charge in [-0.15, -0.1) is 0 Å². The Morgan fingerprint density at radius 3 is 2.94 bits per heavy atom. The Hall–Kier alpha value is -0.820. The minimum Gasteiger partial charge on any atom is -0.310 e. The number of hydrogen-bond donors (Lipinski definition) is 1. The van der Waals surface area contributed by atoms with Crippen LogP contribution in [0.5, 0.6) is 0 Å². The molecule has 0 saturated carbocycles. The lowest BCUT2D eigenvalue weighted by atomic mass is 9.95. The highest BCUT2D eigenvalue weighted by Gasteiger charge is 2.21. The Kier molecular flexibility index (Phi) is 4.22. The first kappa shape index (κ1) is 12.6. The molecule has 1 N–H and O–H groups in total. The van der Waals surface area contributed by atoms with Crippen LogP contribution in [-0.2, 0) is 6.42 Å². The molecule has 94 valence electrons. The molecule has 0 spiro atoms. The van der Waals surface area contributed by atoms with Crippen molar-refractivity contribution in [2.24, 2.45) is 5.92 Å². The predicted molar refractivity (Wildman–Crippen MR) is 74.3 cm³/mol. The fraction of sp³-hybridized carbons (Fsp3) is 0.625. The molecule has 0 aromatic heterocycles. The molecular formula is C16H25N. The molecule has 2 atom stereocenters. The zero-order valence-electron chi connectivity index (χ0n) is 11.4. The lowest BCUT2D eigenvalue weighted by molar-refractivity contribution is 0.409. The molecule has 17 heavy (non-hydrogen) atoms. The lowest BCUT2D eigenvalue weighted by Gasteiger charge is -2.21. The Morgan fingerprint density at radius 1 is 1.35 bits per heavy atom. The van der Waals surface area contributed by atoms with Gasteiger partial charge in [-0.3, -0.25) is 0 Å². The second kappa shape index (κ2) is 5.68. The zero-order chi connectivity index (χ0) is 12.3. The van der Waals surface area contributed by atoms with Crippen molar-refractivity contribution in [3.63, 3.8) is 0 Å². The normalized spacial score (nSPS) is 24.2. The first-order valence-corrected chi connectivity index (χ1v) is 7.03. The van der Waals surface area contributed by atoms with E-state index in [0.717, 1.165) is 12.5 Å². The quantitative estimate of drug-likeness (QED) is 0.775. The summed E-state index contributed by atoms with van der Waals surface area (Å²) in [5.41, 5.74) is 4.51. The van der Waals surface area contributed by atoms with Crippen molar-refractivity contribution in [2.75, 3.05) is 6.54 Å². The van der Waals surface area contributed by atoms with Crippen molar-refractivity contribution in [1.29, 1.82) is 0 Å². The van der Waals surface area contributed by atoms with Crippen molar-refractivity contribution >= 4 is 0 Å². The molecule has 0 aliphatic heterocycles. The third kappa shape index (κ3) is 3.10. The van der Waals surface area contributed by atoms with Crippen LogP contribution in [0.4, 0.5) is 0 Å². The SMILES string of the molecule is CCCNC1CC(C)CCc2ccc(C)cc21. The van der Waals surface area contributed by atoms with Crippen molar-refractivity contribution in [1.82, 2.24) is 5.32 Å². The van der Waals surface area contributed by atoms with Gasteiger partial charge in [-0.1, -0.05) is 37.6 Å². The minimum atomic E-state index is 0.572. The van der Waals surface area contributed by atoms with Crippen LogP contribution in [0.15, 0.2) is 18.2 Å². The lowest BCUT2D eigenvalue weighted by Crippen LogP contribution is -2.23. The maximum absolute atomic E-state index is 3.73. The number of hydrogen-bond acceptors (Lipinski definition) is 1. The van der Waals surface area contributed by atoms with E-state index in [9.17, 15) is 0 Å². The number of fused-ring (bicyclic) bond motifs is 1. The molecule has 0 fully saturated rings. The second-order valence-corrected chi connectivity index (χ2v) is 5.59. The third-order valence-electron chi connectivity index (χ3n) is 3.86. The Morgan fingerprint density at radius 2 is 2.18 bits per heavy atom. The number of nitrogens with one attached hydrogen (secondary N) is 1. The van der Waals surface area contributed by atoms with Crippen LogP contribution >= 0.6 is 0 Å². The summed E-state index contributed by atoms with van der Waals surface area (Å²) in [6, 6.07) is 7.55. The van der Waals surface area contributed by atoms with Crippen LogP contribution in [-0.4, -0.2) is 6.54 Å². The summed E-state index contributed by atoms with van der Waals surface area (Å²) in [4.78, 5) is 0. The predicted octanol–water partition coefficient (Wildman–Crippen LogP) is 4.01. The summed E-state index contributed by atoms with van der Waals surface area (Å²) in [7, 11) is 0. The van der Waals surface area contributed by atoms with Gasteiger partial charge in [-0.05, 0) is 56.2 Å². The molecule has 1 aliphatic carbocycles. The monoisotopic (exact) mass is 231 g/mol. The average Bonchev–Trinajstić information content (AvgIpc) is 2.47. The first-order valence-electron chi connectivity index (χ1n) is 7.03. The summed E-state index contributed by atoms with van der Waals surface area (Å²) in [6.45, 7) is 7.96. The van der Waals surface area contributed by atoms with E-state index in [0.29, 0.717) is 6.04 Å². The van der Waals surface area contributed by atoms with Gasteiger partial charge in [0.15, 0.2) is 0 Å². The summed E-state index contributed by atoms with van der Waals surface area (Å²) in [5.74, 6) is 0.831. The maximum atomic E-state index is 3.73. The van der Waals surface area contributed by atoms with Crippen LogP contribution in [0.3, 0.4) is 0 Å². The van der Waals surface area contributed by atoms with Gasteiger partial charge < -0.3 is 5.32 Å². The summed E-state index contributed by atoms with van der Waals surface area (Å²) < 4.78 is 0. The average molecular weight is 231 g/mol. The minimum absolute atomic E-state index is 0.572. The molecule has 2 unspecified atom stereocenters. The largest absolute Gasteiger partial charge is 0.310 e. The van der Waals surface area contributed by atoms with Gasteiger partial charge in [0.25, 0.3) is 0 Å². The molecule has 0 heterocycles. The fourth-order valence-corrected chi connectivity index (χ4v) is 2.83. The highest BCUT2D eigenvalue weighted by Crippen LogP contribution is 2.32. The van der Waals surface area contributed by atoms with Crippen LogP contribution in [0.2, 0.25) is 0 Å². The van der Waals surface area contributed by atoms with Gasteiger partial charge in [-0.2, -0.15) is 0 Å². The molecule has 0 amide bonds. The van der Waals surface area contributed by atoms with E-state index in [4.69, 9.17) is 0 Å². The van der Waals surface area contributed by atoms with Gasteiger partial charge in [0, 0.05) is 6.04 Å². The van der Waals surface area contributed by atoms with E-state index in [1.54, 1.807) is 11.1 Å². The highest BCUT2D eigenvalue weighted by molar-refractivity contribution is 5.35. The smallest absolute Gasteiger partial charge is 0.0325 e. The molecule has 0 bridgehead atoms. The molecule has 2 rings (SSSR count). The van der Waals surface area contributed by atoms with E-state index in [2.05, 4.69) is 44.3 Å². The van der Waals surface area contributed by atoms with E-state index in [1.807, 2.05) is 0 Å².